The Morgan fingerprint density at radius 1 is 1.18 bits per heavy atom. The van der Waals surface area contributed by atoms with Gasteiger partial charge in [0, 0.05) is 10.5 Å². The SMILES string of the molecule is COc1ccc(-c2nnc([C@H](C)OC(=O)CSc3cc(F)ccc3F)o2)cc1. The van der Waals surface area contributed by atoms with Crippen LogP contribution in [0.25, 0.3) is 11.5 Å². The fraction of sp³-hybridized carbons (Fsp3) is 0.211. The van der Waals surface area contributed by atoms with Crippen molar-refractivity contribution in [3.05, 3.63) is 60.0 Å². The number of halogens is 2. The molecular weight excluding hydrogens is 390 g/mol. The van der Waals surface area contributed by atoms with Gasteiger partial charge in [-0.25, -0.2) is 8.78 Å². The van der Waals surface area contributed by atoms with Crippen LogP contribution in [0.3, 0.4) is 0 Å². The summed E-state index contributed by atoms with van der Waals surface area (Å²) in [5, 5.41) is 7.83. The van der Waals surface area contributed by atoms with Crippen molar-refractivity contribution < 1.29 is 27.5 Å². The Balaban J connectivity index is 1.58. The highest BCUT2D eigenvalue weighted by atomic mass is 32.2. The van der Waals surface area contributed by atoms with Crippen LogP contribution in [0, 0.1) is 11.6 Å². The Morgan fingerprint density at radius 3 is 2.64 bits per heavy atom. The van der Waals surface area contributed by atoms with Gasteiger partial charge in [-0.3, -0.25) is 4.79 Å². The van der Waals surface area contributed by atoms with Gasteiger partial charge in [-0.1, -0.05) is 0 Å². The number of hydrogen-bond acceptors (Lipinski definition) is 7. The smallest absolute Gasteiger partial charge is 0.317 e. The third-order valence-corrected chi connectivity index (χ3v) is 4.68. The van der Waals surface area contributed by atoms with Gasteiger partial charge in [0.05, 0.1) is 12.9 Å². The summed E-state index contributed by atoms with van der Waals surface area (Å²) in [5.41, 5.74) is 0.690. The number of ether oxygens (including phenoxy) is 2. The summed E-state index contributed by atoms with van der Waals surface area (Å²) in [4.78, 5) is 12.0. The fourth-order valence-electron chi connectivity index (χ4n) is 2.26. The molecule has 0 amide bonds. The number of nitrogens with zero attached hydrogens (tertiary/aromatic N) is 2. The van der Waals surface area contributed by atoms with Crippen molar-refractivity contribution in [3.8, 4) is 17.2 Å². The number of carbonyl (C=O) groups excluding carboxylic acids is 1. The van der Waals surface area contributed by atoms with E-state index in [1.165, 1.54) is 0 Å². The standard InChI is InChI=1S/C19H16F2N2O4S/c1-11(26-17(24)10-28-16-9-13(20)5-8-15(16)21)18-22-23-19(27-18)12-3-6-14(25-2)7-4-12/h3-9,11H,10H2,1-2H3/t11-/m0/s1. The molecule has 1 aromatic heterocycles. The van der Waals surface area contributed by atoms with Gasteiger partial charge < -0.3 is 13.9 Å². The minimum atomic E-state index is -0.787. The lowest BCUT2D eigenvalue weighted by molar-refractivity contribution is -0.146. The topological polar surface area (TPSA) is 74.5 Å². The first-order valence-electron chi connectivity index (χ1n) is 8.21. The Kier molecular flexibility index (Phi) is 6.25. The maximum absolute atomic E-state index is 13.6. The first-order chi connectivity index (χ1) is 13.5. The van der Waals surface area contributed by atoms with Gasteiger partial charge in [-0.2, -0.15) is 0 Å². The molecule has 0 radical (unpaired) electrons. The summed E-state index contributed by atoms with van der Waals surface area (Å²) in [5.74, 6) is -0.901. The summed E-state index contributed by atoms with van der Waals surface area (Å²) in [7, 11) is 1.57. The Labute approximate surface area is 163 Å². The van der Waals surface area contributed by atoms with Crippen LogP contribution in [0.1, 0.15) is 18.9 Å². The molecule has 0 fully saturated rings. The van der Waals surface area contributed by atoms with E-state index in [0.29, 0.717) is 11.3 Å². The Hall–Kier alpha value is -2.94. The minimum absolute atomic E-state index is 0.0317. The number of hydrogen-bond donors (Lipinski definition) is 0. The zero-order valence-electron chi connectivity index (χ0n) is 15.0. The molecule has 2 aromatic carbocycles. The normalized spacial score (nSPS) is 11.9. The summed E-state index contributed by atoms with van der Waals surface area (Å²) in [6.07, 6.45) is -0.787. The lowest BCUT2D eigenvalue weighted by Crippen LogP contribution is -2.11. The van der Waals surface area contributed by atoms with Crippen molar-refractivity contribution in [2.45, 2.75) is 17.9 Å². The molecule has 1 heterocycles. The average Bonchev–Trinajstić information content (AvgIpc) is 3.19. The zero-order chi connectivity index (χ0) is 20.1. The lowest BCUT2D eigenvalue weighted by atomic mass is 10.2. The number of rotatable bonds is 7. The van der Waals surface area contributed by atoms with Gasteiger partial charge in [-0.05, 0) is 49.4 Å². The van der Waals surface area contributed by atoms with Crippen molar-refractivity contribution in [3.63, 3.8) is 0 Å². The molecule has 146 valence electrons. The summed E-state index contributed by atoms with van der Waals surface area (Å²) in [6.45, 7) is 1.58. The van der Waals surface area contributed by atoms with Crippen molar-refractivity contribution in [2.24, 2.45) is 0 Å². The Bertz CT molecular complexity index is 963. The van der Waals surface area contributed by atoms with Crippen LogP contribution in [0.4, 0.5) is 8.78 Å². The Morgan fingerprint density at radius 2 is 1.93 bits per heavy atom. The van der Waals surface area contributed by atoms with E-state index in [0.717, 1.165) is 30.0 Å². The first kappa shape index (κ1) is 19.8. The molecule has 9 heteroatoms. The number of methoxy groups -OCH3 is 1. The zero-order valence-corrected chi connectivity index (χ0v) is 15.8. The predicted molar refractivity (Wildman–Crippen MR) is 97.9 cm³/mol. The van der Waals surface area contributed by atoms with Gasteiger partial charge in [0.25, 0.3) is 5.89 Å². The van der Waals surface area contributed by atoms with Gasteiger partial charge in [0.15, 0.2) is 6.10 Å². The third kappa shape index (κ3) is 4.86. The van der Waals surface area contributed by atoms with Gasteiger partial charge >= 0.3 is 5.97 Å². The van der Waals surface area contributed by atoms with E-state index in [1.54, 1.807) is 38.3 Å². The van der Waals surface area contributed by atoms with Crippen LogP contribution in [0.15, 0.2) is 51.8 Å². The quantitative estimate of drug-likeness (QED) is 0.425. The molecule has 0 aliphatic rings. The monoisotopic (exact) mass is 406 g/mol. The van der Waals surface area contributed by atoms with Crippen LogP contribution < -0.4 is 4.74 Å². The van der Waals surface area contributed by atoms with E-state index < -0.39 is 23.7 Å². The highest BCUT2D eigenvalue weighted by Crippen LogP contribution is 2.26. The van der Waals surface area contributed by atoms with E-state index in [-0.39, 0.29) is 22.4 Å². The molecule has 3 rings (SSSR count). The molecule has 0 unspecified atom stereocenters. The van der Waals surface area contributed by atoms with Crippen LogP contribution >= 0.6 is 11.8 Å². The van der Waals surface area contributed by atoms with Gasteiger partial charge in [0.2, 0.25) is 5.89 Å². The van der Waals surface area contributed by atoms with E-state index in [2.05, 4.69) is 10.2 Å². The van der Waals surface area contributed by atoms with Crippen molar-refractivity contribution in [1.82, 2.24) is 10.2 Å². The number of esters is 1. The van der Waals surface area contributed by atoms with Gasteiger partial charge in [0.1, 0.15) is 17.4 Å². The molecule has 0 spiro atoms. The second-order valence-corrected chi connectivity index (χ2v) is 6.69. The number of aromatic nitrogens is 2. The van der Waals surface area contributed by atoms with Crippen molar-refractivity contribution in [1.29, 1.82) is 0 Å². The number of thioether (sulfide) groups is 1. The van der Waals surface area contributed by atoms with E-state index in [1.807, 2.05) is 0 Å². The summed E-state index contributed by atoms with van der Waals surface area (Å²) >= 11 is 0.844. The lowest BCUT2D eigenvalue weighted by Gasteiger charge is -2.09. The molecule has 0 bridgehead atoms. The van der Waals surface area contributed by atoms with E-state index >= 15 is 0 Å². The van der Waals surface area contributed by atoms with Crippen LogP contribution in [0.5, 0.6) is 5.75 Å². The maximum atomic E-state index is 13.6. The second-order valence-electron chi connectivity index (χ2n) is 5.67. The molecular formula is C19H16F2N2O4S. The molecule has 0 N–H and O–H groups in total. The first-order valence-corrected chi connectivity index (χ1v) is 9.20. The maximum Gasteiger partial charge on any atom is 0.317 e. The van der Waals surface area contributed by atoms with Crippen LogP contribution in [0.2, 0.25) is 0 Å². The molecule has 0 aliphatic heterocycles. The molecule has 6 nitrogen and oxygen atoms in total. The number of benzene rings is 2. The molecule has 0 saturated carbocycles. The highest BCUT2D eigenvalue weighted by molar-refractivity contribution is 8.00. The molecule has 1 atom stereocenters. The second kappa shape index (κ2) is 8.83. The minimum Gasteiger partial charge on any atom is -0.497 e. The van der Waals surface area contributed by atoms with Crippen LogP contribution in [-0.4, -0.2) is 29.0 Å². The van der Waals surface area contributed by atoms with Gasteiger partial charge in [-0.15, -0.1) is 22.0 Å². The molecule has 0 aliphatic carbocycles. The van der Waals surface area contributed by atoms with E-state index in [9.17, 15) is 13.6 Å². The molecule has 28 heavy (non-hydrogen) atoms. The average molecular weight is 406 g/mol. The summed E-state index contributed by atoms with van der Waals surface area (Å²) in [6, 6.07) is 10.1. The highest BCUT2D eigenvalue weighted by Gasteiger charge is 2.19. The van der Waals surface area contributed by atoms with Crippen molar-refractivity contribution in [2.75, 3.05) is 12.9 Å². The summed E-state index contributed by atoms with van der Waals surface area (Å²) < 4.78 is 42.6. The van der Waals surface area contributed by atoms with E-state index in [4.69, 9.17) is 13.9 Å². The van der Waals surface area contributed by atoms with Crippen LogP contribution in [-0.2, 0) is 9.53 Å². The third-order valence-electron chi connectivity index (χ3n) is 3.67. The number of carbonyl (C=O) groups is 1. The largest absolute Gasteiger partial charge is 0.497 e. The fourth-order valence-corrected chi connectivity index (χ4v) is 3.00. The predicted octanol–water partition coefficient (Wildman–Crippen LogP) is 4.42. The molecule has 0 saturated heterocycles. The molecule has 3 aromatic rings. The van der Waals surface area contributed by atoms with Crippen molar-refractivity contribution >= 4 is 17.7 Å².